The van der Waals surface area contributed by atoms with Crippen molar-refractivity contribution in [1.29, 1.82) is 0 Å². The summed E-state index contributed by atoms with van der Waals surface area (Å²) in [6.45, 7) is 10.3. The van der Waals surface area contributed by atoms with Crippen LogP contribution in [0.4, 0.5) is 0 Å². The van der Waals surface area contributed by atoms with Gasteiger partial charge in [0, 0.05) is 18.7 Å². The molecular formula is C17H29NO2. The van der Waals surface area contributed by atoms with Crippen LogP contribution in [-0.4, -0.2) is 23.4 Å². The summed E-state index contributed by atoms with van der Waals surface area (Å²) in [6.07, 6.45) is 1.95. The number of rotatable bonds is 8. The van der Waals surface area contributed by atoms with Crippen molar-refractivity contribution >= 4 is 0 Å². The van der Waals surface area contributed by atoms with E-state index in [9.17, 15) is 5.11 Å². The van der Waals surface area contributed by atoms with Crippen LogP contribution in [-0.2, 0) is 6.54 Å². The number of benzene rings is 1. The maximum Gasteiger partial charge on any atom is 0.120 e. The van der Waals surface area contributed by atoms with E-state index in [2.05, 4.69) is 26.1 Å². The number of nitrogens with one attached hydrogen (secondary N) is 1. The van der Waals surface area contributed by atoms with Crippen molar-refractivity contribution in [3.8, 4) is 5.75 Å². The molecule has 0 aliphatic heterocycles. The highest BCUT2D eigenvalue weighted by Crippen LogP contribution is 2.22. The van der Waals surface area contributed by atoms with Crippen molar-refractivity contribution in [2.24, 2.45) is 11.8 Å². The first kappa shape index (κ1) is 17.0. The van der Waals surface area contributed by atoms with Crippen molar-refractivity contribution in [2.75, 3.05) is 13.2 Å². The topological polar surface area (TPSA) is 52.5 Å². The van der Waals surface area contributed by atoms with Gasteiger partial charge in [0.15, 0.2) is 0 Å². The van der Waals surface area contributed by atoms with Crippen LogP contribution in [0.1, 0.15) is 43.4 Å². The number of aliphatic hydroxyl groups excluding tert-OH is 1. The Bertz CT molecular complexity index is 416. The van der Waals surface area contributed by atoms with Crippen LogP contribution < -0.4 is 5.32 Å². The molecule has 1 rings (SSSR count). The van der Waals surface area contributed by atoms with E-state index in [1.807, 2.05) is 19.1 Å². The molecule has 0 aliphatic carbocycles. The van der Waals surface area contributed by atoms with Crippen LogP contribution in [0.25, 0.3) is 0 Å². The van der Waals surface area contributed by atoms with Crippen molar-refractivity contribution in [3.63, 3.8) is 0 Å². The molecule has 3 heteroatoms. The first-order chi connectivity index (χ1) is 9.43. The van der Waals surface area contributed by atoms with Gasteiger partial charge in [-0.05, 0) is 62.3 Å². The molecular weight excluding hydrogens is 250 g/mol. The predicted molar refractivity (Wildman–Crippen MR) is 83.9 cm³/mol. The van der Waals surface area contributed by atoms with E-state index in [0.29, 0.717) is 24.1 Å². The zero-order valence-electron chi connectivity index (χ0n) is 13.2. The Morgan fingerprint density at radius 1 is 1.15 bits per heavy atom. The fourth-order valence-electron chi connectivity index (χ4n) is 2.57. The van der Waals surface area contributed by atoms with E-state index in [1.165, 1.54) is 5.56 Å². The monoisotopic (exact) mass is 279 g/mol. The molecule has 1 unspecified atom stereocenters. The third-order valence-corrected chi connectivity index (χ3v) is 3.79. The second-order valence-electron chi connectivity index (χ2n) is 6.20. The van der Waals surface area contributed by atoms with E-state index in [-0.39, 0.29) is 6.61 Å². The Morgan fingerprint density at radius 2 is 1.80 bits per heavy atom. The van der Waals surface area contributed by atoms with Crippen LogP contribution in [0.15, 0.2) is 12.1 Å². The molecule has 114 valence electrons. The van der Waals surface area contributed by atoms with Gasteiger partial charge in [0.05, 0.1) is 0 Å². The Morgan fingerprint density at radius 3 is 2.40 bits per heavy atom. The van der Waals surface area contributed by atoms with Gasteiger partial charge in [0.25, 0.3) is 0 Å². The molecule has 0 radical (unpaired) electrons. The molecule has 0 spiro atoms. The van der Waals surface area contributed by atoms with Gasteiger partial charge in [0.2, 0.25) is 0 Å². The minimum atomic E-state index is 0.244. The lowest BCUT2D eigenvalue weighted by Gasteiger charge is -2.19. The Hall–Kier alpha value is -1.06. The van der Waals surface area contributed by atoms with Crippen molar-refractivity contribution in [2.45, 2.75) is 47.1 Å². The minimum absolute atomic E-state index is 0.244. The van der Waals surface area contributed by atoms with Crippen molar-refractivity contribution in [1.82, 2.24) is 5.32 Å². The Labute approximate surface area is 123 Å². The van der Waals surface area contributed by atoms with E-state index in [0.717, 1.165) is 30.5 Å². The van der Waals surface area contributed by atoms with Gasteiger partial charge in [-0.1, -0.05) is 19.9 Å². The van der Waals surface area contributed by atoms with Crippen LogP contribution in [0.2, 0.25) is 0 Å². The Kier molecular flexibility index (Phi) is 7.03. The van der Waals surface area contributed by atoms with Crippen LogP contribution in [0.5, 0.6) is 5.75 Å². The first-order valence-corrected chi connectivity index (χ1v) is 7.54. The van der Waals surface area contributed by atoms with Gasteiger partial charge >= 0.3 is 0 Å². The van der Waals surface area contributed by atoms with Crippen LogP contribution >= 0.6 is 0 Å². The lowest BCUT2D eigenvalue weighted by atomic mass is 9.94. The molecule has 0 aliphatic rings. The Balaban J connectivity index is 2.52. The number of aryl methyl sites for hydroxylation is 2. The summed E-state index contributed by atoms with van der Waals surface area (Å²) in [4.78, 5) is 0. The molecule has 0 fully saturated rings. The largest absolute Gasteiger partial charge is 0.508 e. The van der Waals surface area contributed by atoms with E-state index in [1.54, 1.807) is 0 Å². The third-order valence-electron chi connectivity index (χ3n) is 3.79. The number of hydrogen-bond acceptors (Lipinski definition) is 3. The second-order valence-corrected chi connectivity index (χ2v) is 6.20. The summed E-state index contributed by atoms with van der Waals surface area (Å²) in [6, 6.07) is 3.87. The van der Waals surface area contributed by atoms with Crippen LogP contribution in [0.3, 0.4) is 0 Å². The molecule has 3 N–H and O–H groups in total. The second kappa shape index (κ2) is 8.28. The number of hydrogen-bond donors (Lipinski definition) is 3. The SMILES string of the molecule is Cc1cc(O)c(CNCC(CCO)CC(C)C)cc1C. The first-order valence-electron chi connectivity index (χ1n) is 7.54. The van der Waals surface area contributed by atoms with Crippen LogP contribution in [0, 0.1) is 25.7 Å². The van der Waals surface area contributed by atoms with E-state index < -0.39 is 0 Å². The molecule has 0 saturated carbocycles. The summed E-state index contributed by atoms with van der Waals surface area (Å²) in [7, 11) is 0. The summed E-state index contributed by atoms with van der Waals surface area (Å²) in [5.41, 5.74) is 3.26. The molecule has 0 aromatic heterocycles. The zero-order valence-corrected chi connectivity index (χ0v) is 13.2. The van der Waals surface area contributed by atoms with E-state index in [4.69, 9.17) is 5.11 Å². The van der Waals surface area contributed by atoms with Crippen molar-refractivity contribution < 1.29 is 10.2 Å². The highest BCUT2D eigenvalue weighted by Gasteiger charge is 2.11. The molecule has 1 atom stereocenters. The summed E-state index contributed by atoms with van der Waals surface area (Å²) in [5, 5.41) is 22.5. The smallest absolute Gasteiger partial charge is 0.120 e. The molecule has 1 aromatic rings. The maximum atomic E-state index is 9.95. The molecule has 0 heterocycles. The van der Waals surface area contributed by atoms with Gasteiger partial charge in [-0.2, -0.15) is 0 Å². The average Bonchev–Trinajstić information content (AvgIpc) is 2.35. The normalized spacial score (nSPS) is 12.9. The standard InChI is InChI=1S/C17H29NO2/c1-12(2)7-15(5-6-19)10-18-11-16-8-13(3)14(4)9-17(16)20/h8-9,12,15,18-20H,5-7,10-11H2,1-4H3. The third kappa shape index (κ3) is 5.51. The van der Waals surface area contributed by atoms with E-state index >= 15 is 0 Å². The quantitative estimate of drug-likeness (QED) is 0.685. The molecule has 0 bridgehead atoms. The van der Waals surface area contributed by atoms with Gasteiger partial charge in [-0.3, -0.25) is 0 Å². The number of phenols is 1. The zero-order chi connectivity index (χ0) is 15.1. The van der Waals surface area contributed by atoms with Crippen molar-refractivity contribution in [3.05, 3.63) is 28.8 Å². The number of phenolic OH excluding ortho intramolecular Hbond substituents is 1. The molecule has 20 heavy (non-hydrogen) atoms. The highest BCUT2D eigenvalue weighted by atomic mass is 16.3. The minimum Gasteiger partial charge on any atom is -0.508 e. The highest BCUT2D eigenvalue weighted by molar-refractivity contribution is 5.40. The number of aromatic hydroxyl groups is 1. The fourth-order valence-corrected chi connectivity index (χ4v) is 2.57. The lowest BCUT2D eigenvalue weighted by Crippen LogP contribution is -2.24. The summed E-state index contributed by atoms with van der Waals surface area (Å²) >= 11 is 0. The van der Waals surface area contributed by atoms with Gasteiger partial charge in [-0.15, -0.1) is 0 Å². The van der Waals surface area contributed by atoms with Gasteiger partial charge in [-0.25, -0.2) is 0 Å². The maximum absolute atomic E-state index is 9.95. The van der Waals surface area contributed by atoms with Gasteiger partial charge in [0.1, 0.15) is 5.75 Å². The molecule has 0 amide bonds. The molecule has 1 aromatic carbocycles. The summed E-state index contributed by atoms with van der Waals surface area (Å²) < 4.78 is 0. The molecule has 0 saturated heterocycles. The predicted octanol–water partition coefficient (Wildman–Crippen LogP) is 3.14. The fraction of sp³-hybridized carbons (Fsp3) is 0.647. The van der Waals surface area contributed by atoms with Gasteiger partial charge < -0.3 is 15.5 Å². The molecule has 3 nitrogen and oxygen atoms in total. The average molecular weight is 279 g/mol. The number of aliphatic hydroxyl groups is 1. The lowest BCUT2D eigenvalue weighted by molar-refractivity contribution is 0.239. The summed E-state index contributed by atoms with van der Waals surface area (Å²) in [5.74, 6) is 1.50.